The normalized spacial score (nSPS) is 19.8. The number of anilines is 2. The van der Waals surface area contributed by atoms with Crippen molar-refractivity contribution in [1.29, 1.82) is 0 Å². The van der Waals surface area contributed by atoms with E-state index in [1.807, 2.05) is 12.1 Å². The summed E-state index contributed by atoms with van der Waals surface area (Å²) in [6, 6.07) is 22.4. The minimum Gasteiger partial charge on any atom is -0.490 e. The van der Waals surface area contributed by atoms with E-state index < -0.39 is 22.3 Å². The first kappa shape index (κ1) is 45.3. The third kappa shape index (κ3) is 13.4. The zero-order valence-electron chi connectivity index (χ0n) is 34.7. The summed E-state index contributed by atoms with van der Waals surface area (Å²) in [7, 11) is 4.46. The molecule has 3 aromatic carbocycles. The number of ether oxygens (including phenoxy) is 3. The van der Waals surface area contributed by atoms with E-state index >= 15 is 0 Å². The van der Waals surface area contributed by atoms with Crippen LogP contribution in [0.5, 0.6) is 5.75 Å². The Morgan fingerprint density at radius 3 is 2.38 bits per heavy atom. The Balaban J connectivity index is 1.23. The first-order valence-corrected chi connectivity index (χ1v) is 21.6. The number of hydrogen-bond donors (Lipinski definition) is 1. The van der Waals surface area contributed by atoms with Crippen molar-refractivity contribution in [2.45, 2.75) is 69.6 Å². The maximum Gasteiger partial charge on any atom is 0.294 e. The standard InChI is InChI=1S/C43H57N6O11P/c1-56-20-5-17-45-19-23-57-39-15-12-33(25-38(39)45)30-58-40-29-47(42(51)9-4-22-60-49(54)55)28-37(44-41(50)8-3-21-59-48(52)53)43(40)34-13-10-31(11-14-34)24-32-16-18-46(27-32)35-6-2-7-36(61)26-35/h2,6-7,10-15,25-26,32,37,40,43H,3-5,8-9,16-24,27-30,61H2,1H3,(H,44,50). The monoisotopic (exact) mass is 864 g/mol. The second kappa shape index (κ2) is 22.6. The molecule has 2 amide bonds. The van der Waals surface area contributed by atoms with E-state index in [1.54, 1.807) is 12.0 Å². The molecule has 18 heteroatoms. The van der Waals surface area contributed by atoms with Crippen LogP contribution in [0.4, 0.5) is 11.4 Å². The van der Waals surface area contributed by atoms with E-state index in [0.717, 1.165) is 73.3 Å². The van der Waals surface area contributed by atoms with Crippen LogP contribution in [-0.4, -0.2) is 112 Å². The Labute approximate surface area is 358 Å². The molecule has 2 saturated heterocycles. The van der Waals surface area contributed by atoms with Crippen LogP contribution in [0.3, 0.4) is 0 Å². The number of hydrogen-bond acceptors (Lipinski definition) is 13. The molecule has 5 unspecified atom stereocenters. The first-order valence-electron chi connectivity index (χ1n) is 21.0. The Hall–Kier alpha value is -5.25. The molecule has 61 heavy (non-hydrogen) atoms. The number of nitrogens with zero attached hydrogens (tertiary/aromatic N) is 5. The molecule has 3 aliphatic rings. The largest absolute Gasteiger partial charge is 0.490 e. The smallest absolute Gasteiger partial charge is 0.294 e. The Morgan fingerprint density at radius 2 is 1.64 bits per heavy atom. The number of amides is 2. The molecular formula is C43H57N6O11P. The fourth-order valence-electron chi connectivity index (χ4n) is 8.54. The summed E-state index contributed by atoms with van der Waals surface area (Å²) >= 11 is 0. The van der Waals surface area contributed by atoms with Crippen molar-refractivity contribution in [2.75, 3.05) is 82.6 Å². The van der Waals surface area contributed by atoms with Crippen molar-refractivity contribution >= 4 is 37.7 Å². The zero-order valence-corrected chi connectivity index (χ0v) is 35.8. The lowest BCUT2D eigenvalue weighted by Gasteiger charge is -2.44. The van der Waals surface area contributed by atoms with Gasteiger partial charge in [0, 0.05) is 70.9 Å². The molecule has 0 bridgehead atoms. The molecule has 0 spiro atoms. The summed E-state index contributed by atoms with van der Waals surface area (Å²) < 4.78 is 18.0. The van der Waals surface area contributed by atoms with Crippen molar-refractivity contribution in [2.24, 2.45) is 5.92 Å². The average Bonchev–Trinajstić information content (AvgIpc) is 3.72. The lowest BCUT2D eigenvalue weighted by atomic mass is 9.82. The van der Waals surface area contributed by atoms with Gasteiger partial charge in [0.15, 0.2) is 0 Å². The van der Waals surface area contributed by atoms with Gasteiger partial charge >= 0.3 is 0 Å². The number of fused-ring (bicyclic) bond motifs is 1. The molecule has 0 aliphatic carbocycles. The lowest BCUT2D eigenvalue weighted by Crippen LogP contribution is -2.59. The highest BCUT2D eigenvalue weighted by Crippen LogP contribution is 2.36. The number of rotatable bonds is 22. The molecule has 330 valence electrons. The molecule has 17 nitrogen and oxygen atoms in total. The van der Waals surface area contributed by atoms with Gasteiger partial charge in [-0.3, -0.25) is 9.59 Å². The number of piperidine rings is 1. The minimum absolute atomic E-state index is 0.00395. The van der Waals surface area contributed by atoms with Crippen molar-refractivity contribution in [3.8, 4) is 5.75 Å². The van der Waals surface area contributed by atoms with Crippen LogP contribution in [0.25, 0.3) is 0 Å². The van der Waals surface area contributed by atoms with Gasteiger partial charge in [-0.05, 0) is 84.3 Å². The Morgan fingerprint density at radius 1 is 0.885 bits per heavy atom. The molecule has 2 fully saturated rings. The maximum atomic E-state index is 13.7. The number of benzene rings is 3. The highest BCUT2D eigenvalue weighted by atomic mass is 31.0. The van der Waals surface area contributed by atoms with Gasteiger partial charge in [0.05, 0.1) is 44.2 Å². The van der Waals surface area contributed by atoms with Gasteiger partial charge in [0.25, 0.3) is 10.2 Å². The fourth-order valence-corrected chi connectivity index (χ4v) is 8.82. The third-order valence-electron chi connectivity index (χ3n) is 11.5. The molecule has 6 rings (SSSR count). The maximum absolute atomic E-state index is 13.7. The molecular weight excluding hydrogens is 807 g/mol. The Bertz CT molecular complexity index is 1940. The summed E-state index contributed by atoms with van der Waals surface area (Å²) in [6.07, 6.45) is 2.55. The van der Waals surface area contributed by atoms with Crippen LogP contribution in [-0.2, 0) is 41.8 Å². The van der Waals surface area contributed by atoms with E-state index in [-0.39, 0.29) is 76.3 Å². The van der Waals surface area contributed by atoms with E-state index in [2.05, 4.69) is 88.6 Å². The second-order valence-electron chi connectivity index (χ2n) is 15.8. The summed E-state index contributed by atoms with van der Waals surface area (Å²) in [5.41, 5.74) is 5.26. The molecule has 0 saturated carbocycles. The zero-order chi connectivity index (χ0) is 43.1. The van der Waals surface area contributed by atoms with Crippen LogP contribution in [0.15, 0.2) is 66.7 Å². The van der Waals surface area contributed by atoms with Crippen LogP contribution >= 0.6 is 9.24 Å². The van der Waals surface area contributed by atoms with E-state index in [9.17, 15) is 29.8 Å². The van der Waals surface area contributed by atoms with Crippen molar-refractivity contribution in [1.82, 2.24) is 10.2 Å². The van der Waals surface area contributed by atoms with Gasteiger partial charge in [-0.2, -0.15) is 0 Å². The lowest BCUT2D eigenvalue weighted by molar-refractivity contribution is -0.757. The van der Waals surface area contributed by atoms with E-state index in [1.165, 1.54) is 11.3 Å². The fraction of sp³-hybridized carbons (Fsp3) is 0.535. The van der Waals surface area contributed by atoms with E-state index in [4.69, 9.17) is 14.2 Å². The summed E-state index contributed by atoms with van der Waals surface area (Å²) in [4.78, 5) is 63.8. The van der Waals surface area contributed by atoms with Crippen molar-refractivity contribution in [3.63, 3.8) is 0 Å². The molecule has 0 aromatic heterocycles. The van der Waals surface area contributed by atoms with Crippen LogP contribution in [0.2, 0.25) is 0 Å². The van der Waals surface area contributed by atoms with Gasteiger partial charge in [-0.1, -0.05) is 42.5 Å². The molecule has 1 N–H and O–H groups in total. The topological polar surface area (TPSA) is 188 Å². The van der Waals surface area contributed by atoms with Gasteiger partial charge in [0.1, 0.15) is 12.4 Å². The average molecular weight is 865 g/mol. The SMILES string of the molecule is COCCCN1CCOc2ccc(COC3CN(C(=O)CCCO[N+](=O)[O-])CC(NC(=O)CCCO[N+](=O)[O-])C3c3ccc(CC4CCN(c5cccc(P)c5)C4)cc3)cc21. The molecule has 0 radical (unpaired) electrons. The van der Waals surface area contributed by atoms with Gasteiger partial charge < -0.3 is 43.9 Å². The van der Waals surface area contributed by atoms with Crippen LogP contribution in [0.1, 0.15) is 61.1 Å². The predicted octanol–water partition coefficient (Wildman–Crippen LogP) is 4.46. The highest BCUT2D eigenvalue weighted by molar-refractivity contribution is 7.27. The van der Waals surface area contributed by atoms with E-state index in [0.29, 0.717) is 19.1 Å². The molecule has 3 aliphatic heterocycles. The molecule has 5 atom stereocenters. The minimum atomic E-state index is -0.887. The highest BCUT2D eigenvalue weighted by Gasteiger charge is 2.41. The number of carbonyl (C=O) groups excluding carboxylic acids is 2. The summed E-state index contributed by atoms with van der Waals surface area (Å²) in [5.74, 6) is 0.326. The van der Waals surface area contributed by atoms with Crippen LogP contribution < -0.4 is 25.2 Å². The summed E-state index contributed by atoms with van der Waals surface area (Å²) in [5, 5.41) is 24.0. The first-order chi connectivity index (χ1) is 29.6. The van der Waals surface area contributed by atoms with Gasteiger partial charge in [-0.15, -0.1) is 29.5 Å². The Kier molecular flexibility index (Phi) is 16.7. The van der Waals surface area contributed by atoms with Crippen molar-refractivity contribution < 1.29 is 43.6 Å². The molecule has 3 heterocycles. The predicted molar refractivity (Wildman–Crippen MR) is 231 cm³/mol. The number of carbonyl (C=O) groups is 2. The van der Waals surface area contributed by atoms with Gasteiger partial charge in [-0.25, -0.2) is 0 Å². The third-order valence-corrected chi connectivity index (χ3v) is 11.8. The summed E-state index contributed by atoms with van der Waals surface area (Å²) in [6.45, 7) is 4.91. The number of methoxy groups -OCH3 is 1. The van der Waals surface area contributed by atoms with Gasteiger partial charge in [0.2, 0.25) is 11.8 Å². The van der Waals surface area contributed by atoms with Crippen LogP contribution in [0, 0.1) is 26.1 Å². The molecule has 3 aromatic rings. The quantitative estimate of drug-likeness (QED) is 0.0646. The number of nitrogens with one attached hydrogen (secondary N) is 1. The second-order valence-corrected chi connectivity index (χ2v) is 16.5. The number of likely N-dealkylation sites (tertiary alicyclic amines) is 1. The van der Waals surface area contributed by atoms with Crippen molar-refractivity contribution in [3.05, 3.63) is 104 Å².